The zero-order valence-corrected chi connectivity index (χ0v) is 11.8. The Bertz CT molecular complexity index is 294. The Kier molecular flexibility index (Phi) is 5.04. The normalized spacial score (nSPS) is 29.6. The van der Waals surface area contributed by atoms with E-state index < -0.39 is 0 Å². The molecule has 17 heavy (non-hydrogen) atoms. The fraction of sp³-hybridized carbons (Fsp3) is 0.867. The van der Waals surface area contributed by atoms with E-state index in [0.717, 1.165) is 12.8 Å². The summed E-state index contributed by atoms with van der Waals surface area (Å²) >= 11 is 0. The van der Waals surface area contributed by atoms with Gasteiger partial charge in [0, 0.05) is 11.0 Å². The quantitative estimate of drug-likeness (QED) is 0.739. The second-order valence-corrected chi connectivity index (χ2v) is 6.55. The van der Waals surface area contributed by atoms with Crippen LogP contribution in [0.2, 0.25) is 0 Å². The van der Waals surface area contributed by atoms with Gasteiger partial charge in [0.05, 0.1) is 13.2 Å². The van der Waals surface area contributed by atoms with E-state index in [-0.39, 0.29) is 17.6 Å². The molecule has 0 aromatic heterocycles. The van der Waals surface area contributed by atoms with Crippen molar-refractivity contribution >= 4 is 0 Å². The van der Waals surface area contributed by atoms with Crippen LogP contribution in [0.3, 0.4) is 0 Å². The summed E-state index contributed by atoms with van der Waals surface area (Å²) in [6, 6.07) is 0. The molecule has 2 N–H and O–H groups in total. The predicted octanol–water partition coefficient (Wildman–Crippen LogP) is 2.57. The Balaban J connectivity index is 2.49. The fourth-order valence-corrected chi connectivity index (χ4v) is 2.56. The Morgan fingerprint density at radius 1 is 1.41 bits per heavy atom. The van der Waals surface area contributed by atoms with Gasteiger partial charge in [-0.2, -0.15) is 0 Å². The van der Waals surface area contributed by atoms with Gasteiger partial charge in [0.25, 0.3) is 0 Å². The van der Waals surface area contributed by atoms with Crippen LogP contribution in [-0.4, -0.2) is 23.8 Å². The van der Waals surface area contributed by atoms with Crippen molar-refractivity contribution in [3.05, 3.63) is 0 Å². The second kappa shape index (κ2) is 5.89. The number of rotatable bonds is 3. The monoisotopic (exact) mass is 237 g/mol. The van der Waals surface area contributed by atoms with Crippen LogP contribution in [0.5, 0.6) is 0 Å². The van der Waals surface area contributed by atoms with Crippen molar-refractivity contribution in [2.24, 2.45) is 11.3 Å². The molecule has 0 saturated heterocycles. The maximum Gasteiger partial charge on any atom is 0.0613 e. The van der Waals surface area contributed by atoms with Crippen LogP contribution in [0.4, 0.5) is 0 Å². The van der Waals surface area contributed by atoms with Crippen molar-refractivity contribution in [3.8, 4) is 11.8 Å². The first kappa shape index (κ1) is 14.5. The van der Waals surface area contributed by atoms with Crippen LogP contribution in [0.15, 0.2) is 0 Å². The van der Waals surface area contributed by atoms with Crippen molar-refractivity contribution < 1.29 is 5.11 Å². The second-order valence-electron chi connectivity index (χ2n) is 6.55. The lowest BCUT2D eigenvalue weighted by molar-refractivity contribution is 0.104. The summed E-state index contributed by atoms with van der Waals surface area (Å²) in [5.74, 6) is 7.10. The average Bonchev–Trinajstić information content (AvgIpc) is 2.23. The third-order valence-corrected chi connectivity index (χ3v) is 3.41. The molecule has 0 bridgehead atoms. The standard InChI is InChI=1S/C15H27NO/c1-13-7-5-9-15(11-13,12-17)16-10-6-8-14(2,3)4/h13,16-17H,5,7,9-12H2,1-4H3. The lowest BCUT2D eigenvalue weighted by Gasteiger charge is -2.39. The van der Waals surface area contributed by atoms with Crippen molar-refractivity contribution in [1.82, 2.24) is 5.32 Å². The SMILES string of the molecule is CC1CCCC(CO)(NCC#CC(C)(C)C)C1. The molecule has 1 saturated carbocycles. The molecule has 1 fully saturated rings. The minimum atomic E-state index is -0.0791. The number of nitrogens with one attached hydrogen (secondary N) is 1. The molecule has 0 amide bonds. The first-order chi connectivity index (χ1) is 7.87. The highest BCUT2D eigenvalue weighted by Gasteiger charge is 2.33. The van der Waals surface area contributed by atoms with E-state index in [2.05, 4.69) is 44.9 Å². The molecular formula is C15H27NO. The van der Waals surface area contributed by atoms with Crippen LogP contribution < -0.4 is 5.32 Å². The number of aliphatic hydroxyl groups excluding tert-OH is 1. The largest absolute Gasteiger partial charge is 0.394 e. The van der Waals surface area contributed by atoms with Crippen molar-refractivity contribution in [3.63, 3.8) is 0 Å². The highest BCUT2D eigenvalue weighted by Crippen LogP contribution is 2.31. The average molecular weight is 237 g/mol. The summed E-state index contributed by atoms with van der Waals surface area (Å²) in [5.41, 5.74) is -0.0157. The van der Waals surface area contributed by atoms with Gasteiger partial charge in [-0.1, -0.05) is 31.6 Å². The highest BCUT2D eigenvalue weighted by molar-refractivity contribution is 5.09. The lowest BCUT2D eigenvalue weighted by atomic mass is 9.77. The van der Waals surface area contributed by atoms with Crippen molar-refractivity contribution in [2.75, 3.05) is 13.2 Å². The van der Waals surface area contributed by atoms with Gasteiger partial charge >= 0.3 is 0 Å². The first-order valence-corrected chi connectivity index (χ1v) is 6.73. The van der Waals surface area contributed by atoms with Gasteiger partial charge in [-0.15, -0.1) is 0 Å². The van der Waals surface area contributed by atoms with E-state index in [1.165, 1.54) is 12.8 Å². The molecule has 1 aliphatic rings. The van der Waals surface area contributed by atoms with E-state index in [4.69, 9.17) is 0 Å². The summed E-state index contributed by atoms with van der Waals surface area (Å²) < 4.78 is 0. The Morgan fingerprint density at radius 3 is 2.65 bits per heavy atom. The van der Waals surface area contributed by atoms with Gasteiger partial charge in [-0.05, 0) is 39.5 Å². The minimum Gasteiger partial charge on any atom is -0.394 e. The maximum atomic E-state index is 9.61. The molecule has 2 heteroatoms. The van der Waals surface area contributed by atoms with E-state index in [0.29, 0.717) is 12.5 Å². The molecule has 0 radical (unpaired) electrons. The van der Waals surface area contributed by atoms with Gasteiger partial charge in [0.1, 0.15) is 0 Å². The lowest BCUT2D eigenvalue weighted by Crippen LogP contribution is -2.51. The van der Waals surface area contributed by atoms with Crippen LogP contribution in [0, 0.1) is 23.2 Å². The van der Waals surface area contributed by atoms with Gasteiger partial charge < -0.3 is 5.11 Å². The summed E-state index contributed by atoms with van der Waals surface area (Å²) in [5, 5.41) is 13.1. The Morgan fingerprint density at radius 2 is 2.12 bits per heavy atom. The van der Waals surface area contributed by atoms with Crippen LogP contribution in [-0.2, 0) is 0 Å². The molecule has 0 aromatic carbocycles. The van der Waals surface area contributed by atoms with Gasteiger partial charge in [-0.25, -0.2) is 0 Å². The molecule has 0 aliphatic heterocycles. The van der Waals surface area contributed by atoms with Crippen LogP contribution in [0.1, 0.15) is 53.4 Å². The molecule has 2 unspecified atom stereocenters. The molecule has 2 atom stereocenters. The van der Waals surface area contributed by atoms with Crippen LogP contribution in [0.25, 0.3) is 0 Å². The van der Waals surface area contributed by atoms with E-state index in [1.54, 1.807) is 0 Å². The topological polar surface area (TPSA) is 32.3 Å². The zero-order valence-electron chi connectivity index (χ0n) is 11.8. The molecule has 1 rings (SSSR count). The van der Waals surface area contributed by atoms with E-state index >= 15 is 0 Å². The van der Waals surface area contributed by atoms with Gasteiger partial charge in [0.15, 0.2) is 0 Å². The molecular weight excluding hydrogens is 210 g/mol. The molecule has 2 nitrogen and oxygen atoms in total. The Hall–Kier alpha value is -0.520. The summed E-state index contributed by atoms with van der Waals surface area (Å²) in [6.07, 6.45) is 4.64. The number of hydrogen-bond acceptors (Lipinski definition) is 2. The highest BCUT2D eigenvalue weighted by atomic mass is 16.3. The molecule has 1 aliphatic carbocycles. The van der Waals surface area contributed by atoms with E-state index in [9.17, 15) is 5.11 Å². The number of aliphatic hydroxyl groups is 1. The van der Waals surface area contributed by atoms with E-state index in [1.807, 2.05) is 0 Å². The Labute approximate surface area is 106 Å². The maximum absolute atomic E-state index is 9.61. The molecule has 0 heterocycles. The fourth-order valence-electron chi connectivity index (χ4n) is 2.56. The molecule has 0 aromatic rings. The van der Waals surface area contributed by atoms with Gasteiger partial charge in [-0.3, -0.25) is 5.32 Å². The summed E-state index contributed by atoms with van der Waals surface area (Å²) in [7, 11) is 0. The third kappa shape index (κ3) is 5.10. The number of hydrogen-bond donors (Lipinski definition) is 2. The summed E-state index contributed by atoms with van der Waals surface area (Å²) in [4.78, 5) is 0. The smallest absolute Gasteiger partial charge is 0.0613 e. The van der Waals surface area contributed by atoms with Crippen molar-refractivity contribution in [1.29, 1.82) is 0 Å². The van der Waals surface area contributed by atoms with Gasteiger partial charge in [0.2, 0.25) is 0 Å². The zero-order chi connectivity index (χ0) is 12.9. The first-order valence-electron chi connectivity index (χ1n) is 6.73. The molecule has 98 valence electrons. The summed E-state index contributed by atoms with van der Waals surface area (Å²) in [6.45, 7) is 9.53. The predicted molar refractivity (Wildman–Crippen MR) is 72.7 cm³/mol. The minimum absolute atomic E-state index is 0.0634. The third-order valence-electron chi connectivity index (χ3n) is 3.41. The molecule has 0 spiro atoms. The van der Waals surface area contributed by atoms with Crippen LogP contribution >= 0.6 is 0 Å². The van der Waals surface area contributed by atoms with Crippen molar-refractivity contribution in [2.45, 2.75) is 58.9 Å².